The summed E-state index contributed by atoms with van der Waals surface area (Å²) in [5, 5.41) is 4.78. The van der Waals surface area contributed by atoms with E-state index in [1.54, 1.807) is 11.3 Å². The van der Waals surface area contributed by atoms with Gasteiger partial charge in [-0.05, 0) is 50.0 Å². The lowest BCUT2D eigenvalue weighted by molar-refractivity contribution is 0.0528. The van der Waals surface area contributed by atoms with Crippen molar-refractivity contribution in [2.75, 3.05) is 25.0 Å². The van der Waals surface area contributed by atoms with Crippen LogP contribution in [0.5, 0.6) is 0 Å². The monoisotopic (exact) mass is 388 g/mol. The molecule has 0 saturated carbocycles. The number of nitrogens with one attached hydrogen (secondary N) is 1. The second-order valence-electron chi connectivity index (χ2n) is 6.32. The summed E-state index contributed by atoms with van der Waals surface area (Å²) < 4.78 is 5.23. The van der Waals surface area contributed by atoms with Gasteiger partial charge in [0.15, 0.2) is 5.11 Å². The van der Waals surface area contributed by atoms with E-state index in [9.17, 15) is 4.79 Å². The molecular formula is C20H24N2O2S2. The predicted octanol–water partition coefficient (Wildman–Crippen LogP) is 4.70. The fourth-order valence-electron chi connectivity index (χ4n) is 3.05. The summed E-state index contributed by atoms with van der Waals surface area (Å²) in [7, 11) is 0. The number of thiophene rings is 1. The van der Waals surface area contributed by atoms with Crippen LogP contribution in [0.4, 0.5) is 5.00 Å². The topological polar surface area (TPSA) is 41.6 Å². The molecule has 1 aliphatic heterocycles. The standard InChI is InChI=1S/C20H24N2O2S2/c1-2-24-19(23)17-14-16(13-15-9-5-3-6-10-15)26-18(17)21-20(25)22-11-7-4-8-12-22/h3,5-6,9-10,14H,2,4,7-8,11-13H2,1H3,(H,21,25). The maximum Gasteiger partial charge on any atom is 0.341 e. The van der Waals surface area contributed by atoms with Crippen molar-refractivity contribution in [2.45, 2.75) is 32.6 Å². The van der Waals surface area contributed by atoms with Gasteiger partial charge < -0.3 is 15.0 Å². The lowest BCUT2D eigenvalue weighted by Crippen LogP contribution is -2.38. The molecule has 1 aliphatic rings. The van der Waals surface area contributed by atoms with E-state index in [0.717, 1.165) is 42.2 Å². The SMILES string of the molecule is CCOC(=O)c1cc(Cc2ccccc2)sc1NC(=S)N1CCCCC1. The summed E-state index contributed by atoms with van der Waals surface area (Å²) in [6, 6.07) is 12.2. The molecule has 1 N–H and O–H groups in total. The highest BCUT2D eigenvalue weighted by molar-refractivity contribution is 7.80. The number of carbonyl (C=O) groups excluding carboxylic acids is 1. The van der Waals surface area contributed by atoms with Crippen molar-refractivity contribution in [2.24, 2.45) is 0 Å². The molecule has 0 radical (unpaired) electrons. The fourth-order valence-corrected chi connectivity index (χ4v) is 4.48. The Labute approximate surface area is 164 Å². The fraction of sp³-hybridized carbons (Fsp3) is 0.400. The predicted molar refractivity (Wildman–Crippen MR) is 111 cm³/mol. The summed E-state index contributed by atoms with van der Waals surface area (Å²) in [6.07, 6.45) is 4.37. The summed E-state index contributed by atoms with van der Waals surface area (Å²) in [5.41, 5.74) is 1.79. The van der Waals surface area contributed by atoms with Crippen LogP contribution in [0.2, 0.25) is 0 Å². The quantitative estimate of drug-likeness (QED) is 0.594. The van der Waals surface area contributed by atoms with Crippen LogP contribution in [0.15, 0.2) is 36.4 Å². The zero-order valence-corrected chi connectivity index (χ0v) is 16.6. The molecule has 4 nitrogen and oxygen atoms in total. The van der Waals surface area contributed by atoms with Crippen LogP contribution in [0.1, 0.15) is 47.0 Å². The molecule has 1 saturated heterocycles. The summed E-state index contributed by atoms with van der Waals surface area (Å²) in [6.45, 7) is 4.13. The molecule has 2 heterocycles. The first-order valence-corrected chi connectivity index (χ1v) is 10.3. The Morgan fingerprint density at radius 1 is 1.23 bits per heavy atom. The average Bonchev–Trinajstić information content (AvgIpc) is 3.05. The smallest absolute Gasteiger partial charge is 0.341 e. The third kappa shape index (κ3) is 4.83. The van der Waals surface area contributed by atoms with Gasteiger partial charge in [-0.15, -0.1) is 11.3 Å². The minimum Gasteiger partial charge on any atom is -0.462 e. The Morgan fingerprint density at radius 2 is 1.96 bits per heavy atom. The van der Waals surface area contributed by atoms with E-state index in [4.69, 9.17) is 17.0 Å². The van der Waals surface area contributed by atoms with Crippen LogP contribution < -0.4 is 5.32 Å². The molecule has 0 aliphatic carbocycles. The minimum absolute atomic E-state index is 0.299. The van der Waals surface area contributed by atoms with Gasteiger partial charge in [0, 0.05) is 24.4 Å². The van der Waals surface area contributed by atoms with Gasteiger partial charge in [-0.3, -0.25) is 0 Å². The normalized spacial score (nSPS) is 14.1. The third-order valence-electron chi connectivity index (χ3n) is 4.36. The molecule has 138 valence electrons. The van der Waals surface area contributed by atoms with Crippen molar-refractivity contribution in [1.29, 1.82) is 0 Å². The summed E-state index contributed by atoms with van der Waals surface area (Å²) >= 11 is 7.15. The molecule has 1 aromatic carbocycles. The Kier molecular flexibility index (Phi) is 6.63. The number of benzene rings is 1. The lowest BCUT2D eigenvalue weighted by atomic mass is 10.1. The van der Waals surface area contributed by atoms with Gasteiger partial charge in [-0.1, -0.05) is 30.3 Å². The van der Waals surface area contributed by atoms with Crippen LogP contribution in [0, 0.1) is 0 Å². The molecule has 2 aromatic rings. The Balaban J connectivity index is 1.79. The number of anilines is 1. The number of carbonyl (C=O) groups is 1. The van der Waals surface area contributed by atoms with Crippen LogP contribution in [0.3, 0.4) is 0 Å². The van der Waals surface area contributed by atoms with Crippen LogP contribution in [-0.4, -0.2) is 35.7 Å². The number of thiocarbonyl (C=S) groups is 1. The Morgan fingerprint density at radius 3 is 2.65 bits per heavy atom. The number of nitrogens with zero attached hydrogens (tertiary/aromatic N) is 1. The molecule has 26 heavy (non-hydrogen) atoms. The molecule has 1 aromatic heterocycles. The van der Waals surface area contributed by atoms with Crippen molar-refractivity contribution in [1.82, 2.24) is 4.90 Å². The van der Waals surface area contributed by atoms with Gasteiger partial charge in [0.1, 0.15) is 5.00 Å². The number of hydrogen-bond acceptors (Lipinski definition) is 4. The largest absolute Gasteiger partial charge is 0.462 e. The van der Waals surface area contributed by atoms with Crippen LogP contribution in [0.25, 0.3) is 0 Å². The molecule has 3 rings (SSSR count). The molecule has 0 bridgehead atoms. The third-order valence-corrected chi connectivity index (χ3v) is 5.77. The average molecular weight is 389 g/mol. The Bertz CT molecular complexity index is 752. The maximum atomic E-state index is 12.4. The van der Waals surface area contributed by atoms with Crippen LogP contribution >= 0.6 is 23.6 Å². The van der Waals surface area contributed by atoms with Crippen LogP contribution in [-0.2, 0) is 11.2 Å². The molecule has 0 atom stereocenters. The zero-order valence-electron chi connectivity index (χ0n) is 15.0. The molecule has 1 fully saturated rings. The van der Waals surface area contributed by atoms with Crippen molar-refractivity contribution in [3.63, 3.8) is 0 Å². The summed E-state index contributed by atoms with van der Waals surface area (Å²) in [5.74, 6) is -0.299. The van der Waals surface area contributed by atoms with E-state index < -0.39 is 0 Å². The highest BCUT2D eigenvalue weighted by Gasteiger charge is 2.20. The first-order chi connectivity index (χ1) is 12.7. The summed E-state index contributed by atoms with van der Waals surface area (Å²) in [4.78, 5) is 15.7. The number of piperidine rings is 1. The second kappa shape index (κ2) is 9.14. The Hall–Kier alpha value is -1.92. The molecule has 0 spiro atoms. The molecule has 0 amide bonds. The first kappa shape index (κ1) is 18.9. The van der Waals surface area contributed by atoms with Gasteiger partial charge in [0.05, 0.1) is 12.2 Å². The number of esters is 1. The maximum absolute atomic E-state index is 12.4. The highest BCUT2D eigenvalue weighted by atomic mass is 32.1. The van der Waals surface area contributed by atoms with E-state index in [1.165, 1.54) is 12.0 Å². The molecular weight excluding hydrogens is 364 g/mol. The van der Waals surface area contributed by atoms with E-state index >= 15 is 0 Å². The highest BCUT2D eigenvalue weighted by Crippen LogP contribution is 2.31. The van der Waals surface area contributed by atoms with E-state index in [1.807, 2.05) is 31.2 Å². The van der Waals surface area contributed by atoms with Gasteiger partial charge in [-0.2, -0.15) is 0 Å². The second-order valence-corrected chi connectivity index (χ2v) is 7.84. The number of hydrogen-bond donors (Lipinski definition) is 1. The number of rotatable bonds is 5. The lowest BCUT2D eigenvalue weighted by Gasteiger charge is -2.29. The van der Waals surface area contributed by atoms with Crippen molar-refractivity contribution in [3.05, 3.63) is 52.4 Å². The van der Waals surface area contributed by atoms with Crippen molar-refractivity contribution in [3.8, 4) is 0 Å². The van der Waals surface area contributed by atoms with Gasteiger partial charge in [0.25, 0.3) is 0 Å². The van der Waals surface area contributed by atoms with E-state index in [-0.39, 0.29) is 5.97 Å². The first-order valence-electron chi connectivity index (χ1n) is 9.07. The van der Waals surface area contributed by atoms with E-state index in [0.29, 0.717) is 17.3 Å². The van der Waals surface area contributed by atoms with E-state index in [2.05, 4.69) is 22.3 Å². The minimum atomic E-state index is -0.299. The van der Waals surface area contributed by atoms with Crippen molar-refractivity contribution >= 4 is 39.6 Å². The zero-order chi connectivity index (χ0) is 18.4. The van der Waals surface area contributed by atoms with Gasteiger partial charge in [-0.25, -0.2) is 4.79 Å². The molecule has 0 unspecified atom stereocenters. The number of ether oxygens (including phenoxy) is 1. The van der Waals surface area contributed by atoms with Crippen molar-refractivity contribution < 1.29 is 9.53 Å². The molecule has 6 heteroatoms. The van der Waals surface area contributed by atoms with Gasteiger partial charge in [0.2, 0.25) is 0 Å². The number of likely N-dealkylation sites (tertiary alicyclic amines) is 1. The van der Waals surface area contributed by atoms with Gasteiger partial charge >= 0.3 is 5.97 Å².